The highest BCUT2D eigenvalue weighted by atomic mass is 16.4. The second kappa shape index (κ2) is 5.95. The number of carbonyl (C=O) groups excluding carboxylic acids is 1. The van der Waals surface area contributed by atoms with E-state index >= 15 is 0 Å². The summed E-state index contributed by atoms with van der Waals surface area (Å²) >= 11 is 0. The molecular weight excluding hydrogens is 268 g/mol. The molecule has 1 amide bonds. The molecule has 2 aliphatic rings. The summed E-state index contributed by atoms with van der Waals surface area (Å²) in [5.74, 6) is -0.769. The van der Waals surface area contributed by atoms with Crippen LogP contribution < -0.4 is 0 Å². The van der Waals surface area contributed by atoms with Gasteiger partial charge in [0.15, 0.2) is 0 Å². The van der Waals surface area contributed by atoms with Crippen molar-refractivity contribution < 1.29 is 14.7 Å². The molecule has 1 N–H and O–H groups in total. The smallest absolute Gasteiger partial charge is 0.310 e. The molecule has 21 heavy (non-hydrogen) atoms. The molecule has 5 nitrogen and oxygen atoms in total. The third-order valence-corrected chi connectivity index (χ3v) is 5.09. The van der Waals surface area contributed by atoms with Gasteiger partial charge in [0.05, 0.1) is 5.41 Å². The van der Waals surface area contributed by atoms with E-state index in [0.29, 0.717) is 25.9 Å². The van der Waals surface area contributed by atoms with E-state index in [9.17, 15) is 14.7 Å². The van der Waals surface area contributed by atoms with Crippen LogP contribution in [0, 0.1) is 5.41 Å². The second-order valence-electron chi connectivity index (χ2n) is 7.51. The average Bonchev–Trinajstić information content (AvgIpc) is 2.88. The zero-order valence-corrected chi connectivity index (χ0v) is 13.5. The topological polar surface area (TPSA) is 60.9 Å². The first-order chi connectivity index (χ1) is 9.74. The summed E-state index contributed by atoms with van der Waals surface area (Å²) in [4.78, 5) is 28.2. The fourth-order valence-corrected chi connectivity index (χ4v) is 3.55. The highest BCUT2D eigenvalue weighted by Crippen LogP contribution is 2.41. The van der Waals surface area contributed by atoms with Crippen LogP contribution in [0.1, 0.15) is 52.9 Å². The highest BCUT2D eigenvalue weighted by Gasteiger charge is 2.44. The van der Waals surface area contributed by atoms with Crippen molar-refractivity contribution in [1.29, 1.82) is 0 Å². The molecule has 1 heterocycles. The molecule has 0 atom stereocenters. The number of amides is 1. The van der Waals surface area contributed by atoms with Gasteiger partial charge in [-0.25, -0.2) is 0 Å². The summed E-state index contributed by atoms with van der Waals surface area (Å²) in [6.07, 6.45) is 3.33. The molecule has 1 aliphatic heterocycles. The molecule has 0 aromatic heterocycles. The number of carboxylic acid groups (broad SMARTS) is 1. The van der Waals surface area contributed by atoms with Gasteiger partial charge in [-0.15, -0.1) is 0 Å². The summed E-state index contributed by atoms with van der Waals surface area (Å²) in [5.41, 5.74) is -0.666. The number of carboxylic acids is 1. The van der Waals surface area contributed by atoms with Crippen molar-refractivity contribution in [2.24, 2.45) is 5.41 Å². The molecule has 2 fully saturated rings. The van der Waals surface area contributed by atoms with Crippen molar-refractivity contribution in [2.45, 2.75) is 58.4 Å². The maximum absolute atomic E-state index is 12.5. The van der Waals surface area contributed by atoms with Crippen LogP contribution in [-0.2, 0) is 9.59 Å². The Hall–Kier alpha value is -1.10. The second-order valence-corrected chi connectivity index (χ2v) is 7.51. The lowest BCUT2D eigenvalue weighted by Crippen LogP contribution is -2.55. The number of piperazine rings is 1. The highest BCUT2D eigenvalue weighted by molar-refractivity contribution is 5.85. The molecular formula is C16H28N2O3. The fourth-order valence-electron chi connectivity index (χ4n) is 3.55. The van der Waals surface area contributed by atoms with Crippen molar-refractivity contribution >= 4 is 11.9 Å². The Balaban J connectivity index is 1.92. The minimum Gasteiger partial charge on any atom is -0.481 e. The molecule has 0 radical (unpaired) electrons. The number of carbonyl (C=O) groups is 2. The van der Waals surface area contributed by atoms with E-state index in [2.05, 4.69) is 25.7 Å². The summed E-state index contributed by atoms with van der Waals surface area (Å²) in [7, 11) is 0. The number of nitrogens with zero attached hydrogens (tertiary/aromatic N) is 2. The molecule has 0 aromatic rings. The van der Waals surface area contributed by atoms with Crippen molar-refractivity contribution in [3.05, 3.63) is 0 Å². The Morgan fingerprint density at radius 2 is 1.57 bits per heavy atom. The first kappa shape index (κ1) is 16.3. The van der Waals surface area contributed by atoms with E-state index in [1.807, 2.05) is 4.90 Å². The minimum absolute atomic E-state index is 0.0212. The number of rotatable bonds is 3. The SMILES string of the molecule is CC(C)(C)N1CCN(C(=O)CC2(C(=O)O)CCCC2)CC1. The quantitative estimate of drug-likeness (QED) is 0.865. The largest absolute Gasteiger partial charge is 0.481 e. The molecule has 1 saturated heterocycles. The molecule has 1 saturated carbocycles. The maximum Gasteiger partial charge on any atom is 0.310 e. The maximum atomic E-state index is 12.5. The van der Waals surface area contributed by atoms with Gasteiger partial charge in [-0.2, -0.15) is 0 Å². The van der Waals surface area contributed by atoms with Gasteiger partial charge in [0.25, 0.3) is 0 Å². The van der Waals surface area contributed by atoms with Gasteiger partial charge in [0.2, 0.25) is 5.91 Å². The lowest BCUT2D eigenvalue weighted by atomic mass is 9.82. The van der Waals surface area contributed by atoms with Gasteiger partial charge in [0.1, 0.15) is 0 Å². The summed E-state index contributed by atoms with van der Waals surface area (Å²) in [6, 6.07) is 0. The van der Waals surface area contributed by atoms with Crippen molar-refractivity contribution in [3.8, 4) is 0 Å². The predicted molar refractivity (Wildman–Crippen MR) is 81.1 cm³/mol. The van der Waals surface area contributed by atoms with Crippen molar-refractivity contribution in [2.75, 3.05) is 26.2 Å². The van der Waals surface area contributed by atoms with Crippen LogP contribution in [0.25, 0.3) is 0 Å². The first-order valence-electron chi connectivity index (χ1n) is 8.01. The monoisotopic (exact) mass is 296 g/mol. The van der Waals surface area contributed by atoms with E-state index in [1.165, 1.54) is 0 Å². The number of hydrogen-bond acceptors (Lipinski definition) is 3. The molecule has 0 unspecified atom stereocenters. The molecule has 120 valence electrons. The Labute approximate surface area is 127 Å². The Morgan fingerprint density at radius 3 is 2.00 bits per heavy atom. The summed E-state index contributed by atoms with van der Waals surface area (Å²) in [5, 5.41) is 9.48. The van der Waals surface area contributed by atoms with E-state index in [4.69, 9.17) is 0 Å². The van der Waals surface area contributed by atoms with Crippen LogP contribution >= 0.6 is 0 Å². The first-order valence-corrected chi connectivity index (χ1v) is 8.01. The van der Waals surface area contributed by atoms with Crippen molar-refractivity contribution in [3.63, 3.8) is 0 Å². The van der Waals surface area contributed by atoms with E-state index in [-0.39, 0.29) is 17.9 Å². The standard InChI is InChI=1S/C16H28N2O3/c1-15(2,3)18-10-8-17(9-11-18)13(19)12-16(14(20)21)6-4-5-7-16/h4-12H2,1-3H3,(H,20,21). The van der Waals surface area contributed by atoms with Crippen LogP contribution in [0.2, 0.25) is 0 Å². The van der Waals surface area contributed by atoms with Gasteiger partial charge >= 0.3 is 5.97 Å². The third kappa shape index (κ3) is 3.57. The van der Waals surface area contributed by atoms with Crippen molar-refractivity contribution in [1.82, 2.24) is 9.80 Å². The minimum atomic E-state index is -0.793. The van der Waals surface area contributed by atoms with E-state index < -0.39 is 11.4 Å². The van der Waals surface area contributed by atoms with Crippen LogP contribution in [0.5, 0.6) is 0 Å². The molecule has 0 spiro atoms. The number of hydrogen-bond donors (Lipinski definition) is 1. The Bertz CT molecular complexity index is 400. The van der Waals surface area contributed by atoms with E-state index in [0.717, 1.165) is 25.9 Å². The van der Waals surface area contributed by atoms with Crippen LogP contribution in [0.4, 0.5) is 0 Å². The van der Waals surface area contributed by atoms with Gasteiger partial charge < -0.3 is 10.0 Å². The molecule has 0 bridgehead atoms. The molecule has 1 aliphatic carbocycles. The summed E-state index contributed by atoms with van der Waals surface area (Å²) in [6.45, 7) is 9.72. The Kier molecular flexibility index (Phi) is 4.61. The fraction of sp³-hybridized carbons (Fsp3) is 0.875. The Morgan fingerprint density at radius 1 is 1.05 bits per heavy atom. The lowest BCUT2D eigenvalue weighted by molar-refractivity contribution is -0.154. The lowest BCUT2D eigenvalue weighted by Gasteiger charge is -2.42. The molecule has 5 heteroatoms. The van der Waals surface area contributed by atoms with Gasteiger partial charge in [-0.1, -0.05) is 12.8 Å². The average molecular weight is 296 g/mol. The molecule has 2 rings (SSSR count). The third-order valence-electron chi connectivity index (χ3n) is 5.09. The zero-order chi connectivity index (χ0) is 15.7. The van der Waals surface area contributed by atoms with Gasteiger partial charge in [-0.3, -0.25) is 14.5 Å². The van der Waals surface area contributed by atoms with E-state index in [1.54, 1.807) is 0 Å². The molecule has 0 aromatic carbocycles. The van der Waals surface area contributed by atoms with Crippen LogP contribution in [0.3, 0.4) is 0 Å². The van der Waals surface area contributed by atoms with Gasteiger partial charge in [0, 0.05) is 38.1 Å². The van der Waals surface area contributed by atoms with Crippen LogP contribution in [-0.4, -0.2) is 58.5 Å². The summed E-state index contributed by atoms with van der Waals surface area (Å²) < 4.78 is 0. The zero-order valence-electron chi connectivity index (χ0n) is 13.5. The van der Waals surface area contributed by atoms with Gasteiger partial charge in [-0.05, 0) is 33.6 Å². The van der Waals surface area contributed by atoms with Crippen LogP contribution in [0.15, 0.2) is 0 Å². The predicted octanol–water partition coefficient (Wildman–Crippen LogP) is 1.96. The number of aliphatic carboxylic acids is 1. The normalized spacial score (nSPS) is 23.3.